The van der Waals surface area contributed by atoms with E-state index in [0.29, 0.717) is 37.3 Å². The van der Waals surface area contributed by atoms with Crippen molar-refractivity contribution in [3.05, 3.63) is 0 Å². The molecule has 0 radical (unpaired) electrons. The number of aliphatic hydroxyl groups is 1. The molecule has 7 heteroatoms. The fourth-order valence-corrected chi connectivity index (χ4v) is 9.47. The maximum Gasteiger partial charge on any atom is 0.354 e. The first-order valence-electron chi connectivity index (χ1n) is 12.6. The quantitative estimate of drug-likeness (QED) is 0.455. The number of carbonyl (C=O) groups excluding carboxylic acids is 1. The van der Waals surface area contributed by atoms with Gasteiger partial charge in [0.1, 0.15) is 0 Å². The predicted octanol–water partition coefficient (Wildman–Crippen LogP) is 3.16. The molecule has 8 atom stereocenters. The van der Waals surface area contributed by atoms with Crippen LogP contribution < -0.4 is 11.5 Å². The summed E-state index contributed by atoms with van der Waals surface area (Å²) in [6.45, 7) is 8.04. The normalized spacial score (nSPS) is 50.7. The highest BCUT2D eigenvalue weighted by Crippen LogP contribution is 2.74. The molecule has 176 valence electrons. The molecule has 3 saturated heterocycles. The van der Waals surface area contributed by atoms with Crippen molar-refractivity contribution in [2.45, 2.75) is 102 Å². The first kappa shape index (κ1) is 21.9. The van der Waals surface area contributed by atoms with E-state index < -0.39 is 17.2 Å². The van der Waals surface area contributed by atoms with Crippen LogP contribution in [0.4, 0.5) is 4.79 Å². The van der Waals surface area contributed by atoms with E-state index in [4.69, 9.17) is 16.3 Å². The van der Waals surface area contributed by atoms with E-state index >= 15 is 0 Å². The highest BCUT2D eigenvalue weighted by atomic mass is 16.7. The molecule has 4 saturated carbocycles. The summed E-state index contributed by atoms with van der Waals surface area (Å²) in [5, 5.41) is 16.3. The summed E-state index contributed by atoms with van der Waals surface area (Å²) in [5.74, 6) is 1.49. The van der Waals surface area contributed by atoms with Crippen LogP contribution in [0.1, 0.15) is 85.0 Å². The van der Waals surface area contributed by atoms with Gasteiger partial charge in [-0.3, -0.25) is 4.84 Å². The molecular weight excluding hydrogens is 392 g/mol. The molecule has 31 heavy (non-hydrogen) atoms. The minimum absolute atomic E-state index is 0.126. The molecule has 4 bridgehead atoms. The van der Waals surface area contributed by atoms with E-state index in [1.165, 1.54) is 5.17 Å². The number of primary amides is 1. The maximum atomic E-state index is 12.8. The number of hydrazine groups is 1. The summed E-state index contributed by atoms with van der Waals surface area (Å²) in [5.41, 5.74) is 10.4. The number of rotatable bonds is 5. The van der Waals surface area contributed by atoms with Crippen LogP contribution >= 0.6 is 0 Å². The van der Waals surface area contributed by atoms with Gasteiger partial charge >= 0.3 is 6.03 Å². The molecule has 7 rings (SSSR count). The third-order valence-corrected chi connectivity index (χ3v) is 11.0. The number of hydrogen-bond acceptors (Lipinski definition) is 5. The van der Waals surface area contributed by atoms with Crippen LogP contribution in [0.25, 0.3) is 0 Å². The van der Waals surface area contributed by atoms with Crippen molar-refractivity contribution in [2.75, 3.05) is 13.2 Å². The molecule has 7 aliphatic rings. The Balaban J connectivity index is 1.70. The molecule has 3 aliphatic heterocycles. The molecular formula is C24H42N4O3. The fourth-order valence-electron chi connectivity index (χ4n) is 9.47. The Labute approximate surface area is 186 Å². The van der Waals surface area contributed by atoms with E-state index in [1.54, 1.807) is 0 Å². The lowest BCUT2D eigenvalue weighted by atomic mass is 9.40. The Bertz CT molecular complexity index is 750. The van der Waals surface area contributed by atoms with Crippen LogP contribution in [-0.2, 0) is 4.84 Å². The second-order valence-corrected chi connectivity index (χ2v) is 11.8. The Hall–Kier alpha value is -0.890. The number of amides is 2. The molecule has 0 aromatic heterocycles. The van der Waals surface area contributed by atoms with Crippen LogP contribution in [0.5, 0.6) is 0 Å². The van der Waals surface area contributed by atoms with E-state index in [2.05, 4.69) is 25.8 Å². The topological polar surface area (TPSA) is 105 Å². The van der Waals surface area contributed by atoms with Crippen LogP contribution in [0, 0.1) is 28.6 Å². The number of hydroxylamine groups is 1. The van der Waals surface area contributed by atoms with E-state index in [0.717, 1.165) is 57.8 Å². The van der Waals surface area contributed by atoms with Crippen molar-refractivity contribution in [1.82, 2.24) is 10.2 Å². The van der Waals surface area contributed by atoms with Crippen LogP contribution in [0.15, 0.2) is 0 Å². The van der Waals surface area contributed by atoms with E-state index in [9.17, 15) is 9.90 Å². The lowest BCUT2D eigenvalue weighted by Crippen LogP contribution is -2.79. The number of fused-ring (bicyclic) bond motifs is 3. The second kappa shape index (κ2) is 7.05. The van der Waals surface area contributed by atoms with E-state index in [1.807, 2.05) is 0 Å². The molecule has 2 unspecified atom stereocenters. The van der Waals surface area contributed by atoms with Gasteiger partial charge in [-0.1, -0.05) is 20.8 Å². The van der Waals surface area contributed by atoms with Crippen LogP contribution in [0.3, 0.4) is 0 Å². The Morgan fingerprint density at radius 3 is 2.68 bits per heavy atom. The Morgan fingerprint density at radius 1 is 1.19 bits per heavy atom. The minimum atomic E-state index is -0.841. The largest absolute Gasteiger partial charge is 0.387 e. The summed E-state index contributed by atoms with van der Waals surface area (Å²) in [4.78, 5) is 18.9. The second-order valence-electron chi connectivity index (χ2n) is 11.8. The van der Waals surface area contributed by atoms with E-state index in [-0.39, 0.29) is 16.9 Å². The summed E-state index contributed by atoms with van der Waals surface area (Å²) in [6, 6.07) is -0.413. The lowest BCUT2D eigenvalue weighted by molar-refractivity contribution is -0.347. The molecule has 3 heterocycles. The minimum Gasteiger partial charge on any atom is -0.387 e. The molecule has 0 aromatic carbocycles. The molecule has 1 spiro atoms. The van der Waals surface area contributed by atoms with Gasteiger partial charge in [-0.15, -0.1) is 5.17 Å². The SMILES string of the molecule is CC1CC2C[C@H]3CC[C@@]4([C@H](CC[C@]5(C)CCC[C@@]54O)[C@@]13C)N2N(OCCCN)C(N)=O. The van der Waals surface area contributed by atoms with Gasteiger partial charge in [-0.25, -0.2) is 4.79 Å². The zero-order valence-electron chi connectivity index (χ0n) is 19.6. The van der Waals surface area contributed by atoms with Crippen molar-refractivity contribution in [2.24, 2.45) is 40.1 Å². The van der Waals surface area contributed by atoms with Crippen LogP contribution in [0.2, 0.25) is 0 Å². The Kier molecular flexibility index (Phi) is 4.99. The van der Waals surface area contributed by atoms with Crippen molar-refractivity contribution >= 4 is 6.03 Å². The standard InChI is InChI=1S/C24H42N4O3/c1-16-14-18-15-17-6-11-23(27(18)28(20(26)29)31-13-5-12-25)19(22(16,17)3)7-10-21(2)8-4-9-24(21,23)30/h16-19,30H,4-15,25H2,1-3H3,(H2,26,29)/t16?,17-,18?,19-,21+,22+,23+,24-/m1/s1. The molecule has 2 amide bonds. The highest BCUT2D eigenvalue weighted by Gasteiger charge is 2.78. The van der Waals surface area contributed by atoms with Gasteiger partial charge in [0.25, 0.3) is 0 Å². The molecule has 0 aromatic rings. The number of carbonyl (C=O) groups is 1. The summed E-state index contributed by atoms with van der Waals surface area (Å²) < 4.78 is 0. The van der Waals surface area contributed by atoms with Gasteiger partial charge in [0, 0.05) is 6.04 Å². The van der Waals surface area contributed by atoms with Gasteiger partial charge in [0.05, 0.1) is 17.7 Å². The third kappa shape index (κ3) is 2.52. The molecule has 7 nitrogen and oxygen atoms in total. The summed E-state index contributed by atoms with van der Waals surface area (Å²) in [7, 11) is 0. The highest BCUT2D eigenvalue weighted by molar-refractivity contribution is 5.70. The molecule has 7 fully saturated rings. The average molecular weight is 435 g/mol. The first-order valence-corrected chi connectivity index (χ1v) is 12.6. The summed E-state index contributed by atoms with van der Waals surface area (Å²) >= 11 is 0. The monoisotopic (exact) mass is 434 g/mol. The number of urea groups is 1. The number of hydrogen-bond donors (Lipinski definition) is 3. The molecule has 4 aliphatic carbocycles. The maximum absolute atomic E-state index is 12.8. The van der Waals surface area contributed by atoms with Gasteiger partial charge < -0.3 is 16.6 Å². The number of nitrogens with zero attached hydrogens (tertiary/aromatic N) is 2. The van der Waals surface area contributed by atoms with Crippen molar-refractivity contribution in [3.63, 3.8) is 0 Å². The fraction of sp³-hybridized carbons (Fsp3) is 0.958. The van der Waals surface area contributed by atoms with Gasteiger partial charge in [-0.2, -0.15) is 5.01 Å². The summed E-state index contributed by atoms with van der Waals surface area (Å²) in [6.07, 6.45) is 9.82. The zero-order chi connectivity index (χ0) is 22.2. The first-order chi connectivity index (χ1) is 14.7. The van der Waals surface area contributed by atoms with Crippen molar-refractivity contribution < 1.29 is 14.7 Å². The van der Waals surface area contributed by atoms with Gasteiger partial charge in [0.15, 0.2) is 0 Å². The number of nitrogens with two attached hydrogens (primary N) is 2. The third-order valence-electron chi connectivity index (χ3n) is 11.0. The van der Waals surface area contributed by atoms with Gasteiger partial charge in [-0.05, 0) is 99.3 Å². The zero-order valence-corrected chi connectivity index (χ0v) is 19.6. The predicted molar refractivity (Wildman–Crippen MR) is 118 cm³/mol. The average Bonchev–Trinajstić information content (AvgIpc) is 2.87. The van der Waals surface area contributed by atoms with Crippen molar-refractivity contribution in [3.8, 4) is 0 Å². The van der Waals surface area contributed by atoms with Crippen LogP contribution in [-0.4, -0.2) is 51.7 Å². The molecule has 5 N–H and O–H groups in total. The van der Waals surface area contributed by atoms with Crippen molar-refractivity contribution in [1.29, 1.82) is 0 Å². The lowest BCUT2D eigenvalue weighted by Gasteiger charge is -2.69. The Morgan fingerprint density at radius 2 is 1.97 bits per heavy atom. The smallest absolute Gasteiger partial charge is 0.354 e. The van der Waals surface area contributed by atoms with Gasteiger partial charge in [0.2, 0.25) is 0 Å².